The number of aromatic carboxylic acids is 1. The van der Waals surface area contributed by atoms with Gasteiger partial charge in [0.25, 0.3) is 11.6 Å². The number of carbonyl (C=O) groups excluding carboxylic acids is 1. The van der Waals surface area contributed by atoms with E-state index >= 15 is 0 Å². The Balaban J connectivity index is 2.10. The van der Waals surface area contributed by atoms with E-state index in [9.17, 15) is 19.7 Å². The third kappa shape index (κ3) is 5.82. The van der Waals surface area contributed by atoms with Gasteiger partial charge >= 0.3 is 5.97 Å². The number of benzene rings is 2. The van der Waals surface area contributed by atoms with Crippen LogP contribution >= 0.6 is 11.8 Å². The summed E-state index contributed by atoms with van der Waals surface area (Å²) >= 11 is 1.46. The highest BCUT2D eigenvalue weighted by atomic mass is 32.2. The van der Waals surface area contributed by atoms with Crippen LogP contribution < -0.4 is 5.32 Å². The molecule has 0 aliphatic carbocycles. The third-order valence-electron chi connectivity index (χ3n) is 3.65. The van der Waals surface area contributed by atoms with Crippen molar-refractivity contribution in [1.82, 2.24) is 5.32 Å². The Hall–Kier alpha value is -2.87. The molecule has 0 bridgehead atoms. The Morgan fingerprint density at radius 3 is 2.59 bits per heavy atom. The van der Waals surface area contributed by atoms with Crippen LogP contribution in [0.5, 0.6) is 0 Å². The van der Waals surface area contributed by atoms with Crippen molar-refractivity contribution in [1.29, 1.82) is 0 Å². The van der Waals surface area contributed by atoms with Gasteiger partial charge in [0.15, 0.2) is 0 Å². The van der Waals surface area contributed by atoms with E-state index in [4.69, 9.17) is 5.11 Å². The van der Waals surface area contributed by atoms with E-state index in [0.29, 0.717) is 11.3 Å². The molecule has 0 heterocycles. The van der Waals surface area contributed by atoms with Crippen molar-refractivity contribution < 1.29 is 19.6 Å². The van der Waals surface area contributed by atoms with E-state index in [-0.39, 0.29) is 28.6 Å². The van der Waals surface area contributed by atoms with Crippen molar-refractivity contribution in [3.63, 3.8) is 0 Å². The van der Waals surface area contributed by atoms with Crippen LogP contribution in [0, 0.1) is 10.1 Å². The van der Waals surface area contributed by atoms with Crippen LogP contribution in [0.15, 0.2) is 47.4 Å². The van der Waals surface area contributed by atoms with Crippen LogP contribution in [0.2, 0.25) is 0 Å². The molecule has 0 aromatic heterocycles. The van der Waals surface area contributed by atoms with Crippen LogP contribution in [0.4, 0.5) is 5.69 Å². The lowest BCUT2D eigenvalue weighted by molar-refractivity contribution is -0.384. The Morgan fingerprint density at radius 2 is 1.96 bits per heavy atom. The molecular formula is C19H20N2O5S. The van der Waals surface area contributed by atoms with E-state index in [1.54, 1.807) is 24.3 Å². The average Bonchev–Trinajstić information content (AvgIpc) is 2.61. The molecule has 0 unspecified atom stereocenters. The molecule has 2 aromatic rings. The monoisotopic (exact) mass is 388 g/mol. The molecule has 0 atom stereocenters. The number of nitro benzene ring substituents is 1. The lowest BCUT2D eigenvalue weighted by Crippen LogP contribution is -2.26. The summed E-state index contributed by atoms with van der Waals surface area (Å²) in [6.45, 7) is 4.24. The molecule has 2 rings (SSSR count). The fraction of sp³-hybridized carbons (Fsp3) is 0.263. The Kier molecular flexibility index (Phi) is 6.95. The van der Waals surface area contributed by atoms with E-state index in [1.807, 2.05) is 13.8 Å². The molecule has 7 nitrogen and oxygen atoms in total. The first-order valence-corrected chi connectivity index (χ1v) is 9.21. The summed E-state index contributed by atoms with van der Waals surface area (Å²) in [5.41, 5.74) is 1.10. The highest BCUT2D eigenvalue weighted by Gasteiger charge is 2.17. The standard InChI is InChI=1S/C19H20N2O5S/c1-12(2)27-17-7-6-15(21(25)26)11-16(17)18(22)20-9-8-13-4-3-5-14(10-13)19(23)24/h3-7,10-12H,8-9H2,1-2H3,(H,20,22)(H,23,24). The number of hydrogen-bond acceptors (Lipinski definition) is 5. The average molecular weight is 388 g/mol. The molecule has 0 saturated heterocycles. The molecule has 27 heavy (non-hydrogen) atoms. The van der Waals surface area contributed by atoms with Crippen LogP contribution in [-0.4, -0.2) is 33.7 Å². The predicted molar refractivity (Wildman–Crippen MR) is 104 cm³/mol. The molecule has 0 fully saturated rings. The predicted octanol–water partition coefficient (Wildman–Crippen LogP) is 3.77. The van der Waals surface area contributed by atoms with Gasteiger partial charge in [-0.25, -0.2) is 4.79 Å². The topological polar surface area (TPSA) is 110 Å². The molecule has 0 aliphatic heterocycles. The second kappa shape index (κ2) is 9.18. The summed E-state index contributed by atoms with van der Waals surface area (Å²) in [5.74, 6) is -1.40. The lowest BCUT2D eigenvalue weighted by atomic mass is 10.1. The van der Waals surface area contributed by atoms with Crippen molar-refractivity contribution >= 4 is 29.3 Å². The van der Waals surface area contributed by atoms with Crippen molar-refractivity contribution in [3.05, 3.63) is 69.3 Å². The normalized spacial score (nSPS) is 10.6. The third-order valence-corrected chi connectivity index (χ3v) is 4.74. The van der Waals surface area contributed by atoms with Gasteiger partial charge < -0.3 is 10.4 Å². The molecule has 0 saturated carbocycles. The van der Waals surface area contributed by atoms with Crippen LogP contribution in [0.1, 0.15) is 40.1 Å². The van der Waals surface area contributed by atoms with Gasteiger partial charge in [0.1, 0.15) is 0 Å². The SMILES string of the molecule is CC(C)Sc1ccc([N+](=O)[O-])cc1C(=O)NCCc1cccc(C(=O)O)c1. The van der Waals surface area contributed by atoms with Crippen molar-refractivity contribution in [2.24, 2.45) is 0 Å². The van der Waals surface area contributed by atoms with Gasteiger partial charge in [-0.3, -0.25) is 14.9 Å². The minimum atomic E-state index is -1.01. The Morgan fingerprint density at radius 1 is 1.22 bits per heavy atom. The second-order valence-electron chi connectivity index (χ2n) is 6.12. The summed E-state index contributed by atoms with van der Waals surface area (Å²) in [6.07, 6.45) is 0.453. The second-order valence-corrected chi connectivity index (χ2v) is 7.73. The van der Waals surface area contributed by atoms with E-state index in [1.165, 1.54) is 30.0 Å². The van der Waals surface area contributed by atoms with Gasteiger partial charge in [-0.15, -0.1) is 11.8 Å². The highest BCUT2D eigenvalue weighted by Crippen LogP contribution is 2.29. The molecule has 0 radical (unpaired) electrons. The number of rotatable bonds is 8. The number of nitrogens with one attached hydrogen (secondary N) is 1. The first kappa shape index (κ1) is 20.4. The number of amides is 1. The smallest absolute Gasteiger partial charge is 0.335 e. The van der Waals surface area contributed by atoms with E-state index in [2.05, 4.69) is 5.32 Å². The summed E-state index contributed by atoms with van der Waals surface area (Å²) in [5, 5.41) is 23.0. The number of nitro groups is 1. The number of non-ortho nitro benzene ring substituents is 1. The first-order valence-electron chi connectivity index (χ1n) is 8.33. The number of carboxylic acids is 1. The van der Waals surface area contributed by atoms with Crippen LogP contribution in [0.3, 0.4) is 0 Å². The zero-order chi connectivity index (χ0) is 20.0. The van der Waals surface area contributed by atoms with Gasteiger partial charge in [-0.1, -0.05) is 26.0 Å². The molecule has 142 valence electrons. The van der Waals surface area contributed by atoms with Crippen molar-refractivity contribution in [2.45, 2.75) is 30.4 Å². The fourth-order valence-electron chi connectivity index (χ4n) is 2.44. The largest absolute Gasteiger partial charge is 0.478 e. The zero-order valence-corrected chi connectivity index (χ0v) is 15.8. The van der Waals surface area contributed by atoms with Crippen molar-refractivity contribution in [2.75, 3.05) is 6.54 Å². The maximum Gasteiger partial charge on any atom is 0.335 e. The number of nitrogens with zero attached hydrogens (tertiary/aromatic N) is 1. The number of carboxylic acid groups (broad SMARTS) is 1. The number of thioether (sulfide) groups is 1. The maximum absolute atomic E-state index is 12.5. The van der Waals surface area contributed by atoms with Crippen LogP contribution in [-0.2, 0) is 6.42 Å². The van der Waals surface area contributed by atoms with Crippen molar-refractivity contribution in [3.8, 4) is 0 Å². The highest BCUT2D eigenvalue weighted by molar-refractivity contribution is 8.00. The Bertz CT molecular complexity index is 867. The minimum Gasteiger partial charge on any atom is -0.478 e. The molecule has 0 spiro atoms. The number of hydrogen-bond donors (Lipinski definition) is 2. The quantitative estimate of drug-likeness (QED) is 0.405. The van der Waals surface area contributed by atoms with E-state index in [0.717, 1.165) is 5.56 Å². The van der Waals surface area contributed by atoms with Gasteiger partial charge in [0.05, 0.1) is 16.1 Å². The summed E-state index contributed by atoms with van der Waals surface area (Å²) in [4.78, 5) is 34.7. The van der Waals surface area contributed by atoms with Gasteiger partial charge in [0.2, 0.25) is 0 Å². The zero-order valence-electron chi connectivity index (χ0n) is 15.0. The molecule has 2 aromatic carbocycles. The molecule has 0 aliphatic rings. The van der Waals surface area contributed by atoms with Gasteiger partial charge in [0, 0.05) is 28.8 Å². The first-order chi connectivity index (χ1) is 12.8. The van der Waals surface area contributed by atoms with Gasteiger partial charge in [-0.2, -0.15) is 0 Å². The van der Waals surface area contributed by atoms with Crippen LogP contribution in [0.25, 0.3) is 0 Å². The number of carbonyl (C=O) groups is 2. The lowest BCUT2D eigenvalue weighted by Gasteiger charge is -2.12. The fourth-order valence-corrected chi connectivity index (χ4v) is 3.37. The molecule has 1 amide bonds. The summed E-state index contributed by atoms with van der Waals surface area (Å²) in [6, 6.07) is 10.8. The molecular weight excluding hydrogens is 368 g/mol. The minimum absolute atomic E-state index is 0.137. The summed E-state index contributed by atoms with van der Waals surface area (Å²) < 4.78 is 0. The molecule has 8 heteroatoms. The van der Waals surface area contributed by atoms with Gasteiger partial charge in [-0.05, 0) is 30.2 Å². The Labute approximate surface area is 160 Å². The maximum atomic E-state index is 12.5. The molecule has 2 N–H and O–H groups in total. The van der Waals surface area contributed by atoms with E-state index < -0.39 is 16.8 Å². The summed E-state index contributed by atoms with van der Waals surface area (Å²) in [7, 11) is 0.